The number of benzene rings is 1. The average Bonchev–Trinajstić information content (AvgIpc) is 3.61. The van der Waals surface area contributed by atoms with Crippen LogP contribution in [0.4, 0.5) is 4.79 Å². The summed E-state index contributed by atoms with van der Waals surface area (Å²) < 4.78 is 11.3. The Kier molecular flexibility index (Phi) is 4.21. The monoisotopic (exact) mass is 458 g/mol. The van der Waals surface area contributed by atoms with Crippen molar-refractivity contribution < 1.29 is 23.5 Å². The molecule has 34 heavy (non-hydrogen) atoms. The molecule has 0 unspecified atom stereocenters. The highest BCUT2D eigenvalue weighted by Crippen LogP contribution is 2.35. The minimum Gasteiger partial charge on any atom is -0.497 e. The maximum Gasteiger partial charge on any atom is 0.322 e. The van der Waals surface area contributed by atoms with E-state index >= 15 is 0 Å². The van der Waals surface area contributed by atoms with Crippen LogP contribution in [-0.4, -0.2) is 51.4 Å². The van der Waals surface area contributed by atoms with Crippen molar-refractivity contribution in [2.75, 3.05) is 13.7 Å². The van der Waals surface area contributed by atoms with Gasteiger partial charge >= 0.3 is 6.03 Å². The van der Waals surface area contributed by atoms with Crippen molar-refractivity contribution in [3.05, 3.63) is 65.8 Å². The van der Waals surface area contributed by atoms with E-state index < -0.39 is 17.5 Å². The van der Waals surface area contributed by atoms with E-state index in [-0.39, 0.29) is 24.8 Å². The summed E-state index contributed by atoms with van der Waals surface area (Å²) in [4.78, 5) is 51.5. The Bertz CT molecular complexity index is 1480. The Hall–Kier alpha value is -4.67. The fraction of sp³-hybridized carbons (Fsp3) is 0.174. The number of H-pyrrole nitrogens is 1. The Labute approximate surface area is 192 Å². The zero-order valence-electron chi connectivity index (χ0n) is 17.9. The molecule has 4 aromatic rings. The first kappa shape index (κ1) is 20.0. The van der Waals surface area contributed by atoms with Crippen LogP contribution in [0.1, 0.15) is 21.7 Å². The number of nitrogens with zero attached hydrogens (tertiary/aromatic N) is 3. The molecule has 6 rings (SSSR count). The smallest absolute Gasteiger partial charge is 0.322 e. The predicted octanol–water partition coefficient (Wildman–Crippen LogP) is 1.92. The molecule has 1 saturated heterocycles. The van der Waals surface area contributed by atoms with Gasteiger partial charge in [-0.05, 0) is 23.8 Å². The fourth-order valence-corrected chi connectivity index (χ4v) is 4.42. The summed E-state index contributed by atoms with van der Waals surface area (Å²) >= 11 is 0. The van der Waals surface area contributed by atoms with Crippen molar-refractivity contribution in [3.8, 4) is 17.1 Å². The van der Waals surface area contributed by atoms with Crippen molar-refractivity contribution in [3.63, 3.8) is 0 Å². The number of carbonyl (C=O) groups is 3. The molecular weight excluding hydrogens is 440 g/mol. The largest absolute Gasteiger partial charge is 0.497 e. The third kappa shape index (κ3) is 2.94. The second kappa shape index (κ2) is 7.17. The first-order valence-electron chi connectivity index (χ1n) is 10.5. The lowest BCUT2D eigenvalue weighted by Crippen LogP contribution is -2.52. The highest BCUT2D eigenvalue weighted by atomic mass is 16.5. The van der Waals surface area contributed by atoms with Gasteiger partial charge in [0, 0.05) is 42.3 Å². The van der Waals surface area contributed by atoms with Gasteiger partial charge in [0.05, 0.1) is 13.7 Å². The number of rotatable bonds is 5. The number of hydrogen-bond acceptors (Lipinski definition) is 7. The SMILES string of the molecule is COc1ccc2c(c1)C(=O)N(C[C@@]1(c3cc4ncc(-c5ncc[nH]5)cc4o3)NC(=O)NC1=O)C2. The van der Waals surface area contributed by atoms with E-state index in [1.807, 2.05) is 6.07 Å². The van der Waals surface area contributed by atoms with Crippen molar-refractivity contribution >= 4 is 28.9 Å². The Morgan fingerprint density at radius 2 is 2.06 bits per heavy atom. The van der Waals surface area contributed by atoms with Crippen LogP contribution < -0.4 is 15.4 Å². The lowest BCUT2D eigenvalue weighted by atomic mass is 9.95. The van der Waals surface area contributed by atoms with Crippen LogP contribution in [0.3, 0.4) is 0 Å². The quantitative estimate of drug-likeness (QED) is 0.388. The summed E-state index contributed by atoms with van der Waals surface area (Å²) in [5.41, 5.74) is 1.31. The molecule has 5 heterocycles. The minimum absolute atomic E-state index is 0.120. The molecule has 1 atom stereocenters. The molecule has 3 aromatic heterocycles. The van der Waals surface area contributed by atoms with Gasteiger partial charge in [-0.25, -0.2) is 9.78 Å². The maximum absolute atomic E-state index is 13.1. The summed E-state index contributed by atoms with van der Waals surface area (Å²) in [7, 11) is 1.53. The summed E-state index contributed by atoms with van der Waals surface area (Å²) in [6, 6.07) is 7.93. The van der Waals surface area contributed by atoms with Crippen LogP contribution in [0.5, 0.6) is 5.75 Å². The zero-order chi connectivity index (χ0) is 23.4. The summed E-state index contributed by atoms with van der Waals surface area (Å²) in [6.07, 6.45) is 4.96. The van der Waals surface area contributed by atoms with Crippen molar-refractivity contribution in [2.45, 2.75) is 12.1 Å². The standard InChI is InChI=1S/C23H18N6O5/c1-33-14-3-2-12-10-29(20(30)15(12)7-14)11-23(21(31)27-22(32)28-23)18-8-16-17(34-18)6-13(9-26-16)19-24-4-5-25-19/h2-9H,10-11H2,1H3,(H,24,25)(H2,27,28,31,32)/t23-/m0/s1. The molecule has 2 aliphatic rings. The fourth-order valence-electron chi connectivity index (χ4n) is 4.42. The number of furan rings is 1. The van der Waals surface area contributed by atoms with E-state index in [2.05, 4.69) is 25.6 Å². The topological polar surface area (TPSA) is 142 Å². The van der Waals surface area contributed by atoms with E-state index in [0.29, 0.717) is 33.8 Å². The summed E-state index contributed by atoms with van der Waals surface area (Å²) in [5.74, 6) is 0.480. The molecule has 0 radical (unpaired) electrons. The Morgan fingerprint density at radius 1 is 1.18 bits per heavy atom. The van der Waals surface area contributed by atoms with Crippen LogP contribution in [0.2, 0.25) is 0 Å². The van der Waals surface area contributed by atoms with E-state index in [9.17, 15) is 14.4 Å². The third-order valence-corrected chi connectivity index (χ3v) is 6.13. The molecule has 11 nitrogen and oxygen atoms in total. The first-order chi connectivity index (χ1) is 16.5. The highest BCUT2D eigenvalue weighted by Gasteiger charge is 2.53. The van der Waals surface area contributed by atoms with Crippen LogP contribution in [0.25, 0.3) is 22.5 Å². The number of amides is 4. The number of methoxy groups -OCH3 is 1. The van der Waals surface area contributed by atoms with Crippen molar-refractivity contribution in [1.82, 2.24) is 30.5 Å². The van der Waals surface area contributed by atoms with Crippen LogP contribution in [-0.2, 0) is 16.9 Å². The van der Waals surface area contributed by atoms with Crippen molar-refractivity contribution in [1.29, 1.82) is 0 Å². The summed E-state index contributed by atoms with van der Waals surface area (Å²) in [5, 5.41) is 4.95. The summed E-state index contributed by atoms with van der Waals surface area (Å²) in [6.45, 7) is 0.162. The zero-order valence-corrected chi connectivity index (χ0v) is 17.9. The van der Waals surface area contributed by atoms with Gasteiger partial charge < -0.3 is 24.4 Å². The second-order valence-electron chi connectivity index (χ2n) is 8.15. The lowest BCUT2D eigenvalue weighted by molar-refractivity contribution is -0.125. The van der Waals surface area contributed by atoms with Crippen LogP contribution in [0, 0.1) is 0 Å². The number of fused-ring (bicyclic) bond motifs is 2. The Balaban J connectivity index is 1.39. The molecule has 2 aliphatic heterocycles. The normalized spacial score (nSPS) is 19.4. The molecule has 170 valence electrons. The average molecular weight is 458 g/mol. The van der Waals surface area contributed by atoms with Gasteiger partial charge in [0.15, 0.2) is 11.1 Å². The number of imide groups is 1. The van der Waals surface area contributed by atoms with Gasteiger partial charge in [0.1, 0.15) is 22.9 Å². The predicted molar refractivity (Wildman–Crippen MR) is 118 cm³/mol. The lowest BCUT2D eigenvalue weighted by Gasteiger charge is -2.28. The van der Waals surface area contributed by atoms with Crippen LogP contribution >= 0.6 is 0 Å². The number of pyridine rings is 1. The number of ether oxygens (including phenoxy) is 1. The number of imidazole rings is 1. The van der Waals surface area contributed by atoms with E-state index in [1.54, 1.807) is 42.9 Å². The molecule has 1 fully saturated rings. The number of urea groups is 1. The van der Waals surface area contributed by atoms with Gasteiger partial charge in [-0.3, -0.25) is 19.9 Å². The molecule has 0 saturated carbocycles. The van der Waals surface area contributed by atoms with Gasteiger partial charge in [-0.1, -0.05) is 6.07 Å². The first-order valence-corrected chi connectivity index (χ1v) is 10.5. The number of aromatic amines is 1. The number of aromatic nitrogens is 3. The molecular formula is C23H18N6O5. The van der Waals surface area contributed by atoms with Gasteiger partial charge in [0.25, 0.3) is 11.8 Å². The van der Waals surface area contributed by atoms with Gasteiger partial charge in [-0.15, -0.1) is 0 Å². The van der Waals surface area contributed by atoms with Gasteiger partial charge in [0.2, 0.25) is 0 Å². The Morgan fingerprint density at radius 3 is 2.79 bits per heavy atom. The minimum atomic E-state index is -1.61. The maximum atomic E-state index is 13.1. The van der Waals surface area contributed by atoms with Crippen molar-refractivity contribution in [2.24, 2.45) is 0 Å². The molecule has 0 aliphatic carbocycles. The van der Waals surface area contributed by atoms with Crippen LogP contribution in [0.15, 0.2) is 53.3 Å². The third-order valence-electron chi connectivity index (χ3n) is 6.13. The highest BCUT2D eigenvalue weighted by molar-refractivity contribution is 6.08. The number of carbonyl (C=O) groups excluding carboxylic acids is 3. The molecule has 4 amide bonds. The second-order valence-corrected chi connectivity index (χ2v) is 8.15. The molecule has 0 spiro atoms. The van der Waals surface area contributed by atoms with E-state index in [1.165, 1.54) is 12.0 Å². The number of nitrogens with one attached hydrogen (secondary N) is 3. The van der Waals surface area contributed by atoms with Gasteiger partial charge in [-0.2, -0.15) is 0 Å². The molecule has 0 bridgehead atoms. The molecule has 11 heteroatoms. The van der Waals surface area contributed by atoms with E-state index in [0.717, 1.165) is 5.56 Å². The number of hydrogen-bond donors (Lipinski definition) is 3. The molecule has 1 aromatic carbocycles. The van der Waals surface area contributed by atoms with E-state index in [4.69, 9.17) is 9.15 Å². The molecule has 3 N–H and O–H groups in total.